The van der Waals surface area contributed by atoms with Gasteiger partial charge in [0.15, 0.2) is 29.3 Å². The molecule has 3 aliphatic heterocycles. The molecule has 2 aromatic carbocycles. The van der Waals surface area contributed by atoms with Gasteiger partial charge in [-0.2, -0.15) is 0 Å². The maximum atomic E-state index is 12.6. The van der Waals surface area contributed by atoms with Crippen molar-refractivity contribution < 1.29 is 78.8 Å². The number of aromatic hydroxyl groups is 1. The molecule has 0 radical (unpaired) electrons. The fraction of sp³-hybridized carbons (Fsp3) is 0.594. The first-order valence-electron chi connectivity index (χ1n) is 15.4. The number of ether oxygens (including phenoxy) is 7. The van der Waals surface area contributed by atoms with Crippen molar-refractivity contribution >= 4 is 5.97 Å². The van der Waals surface area contributed by atoms with E-state index in [9.17, 15) is 45.6 Å². The number of cyclic esters (lactones) is 1. The van der Waals surface area contributed by atoms with Crippen LogP contribution in [0.4, 0.5) is 0 Å². The van der Waals surface area contributed by atoms with Gasteiger partial charge in [-0.25, -0.2) is 0 Å². The molecule has 2 aromatic rings. The first-order chi connectivity index (χ1) is 22.9. The van der Waals surface area contributed by atoms with E-state index in [2.05, 4.69) is 0 Å². The Morgan fingerprint density at radius 3 is 2.02 bits per heavy atom. The smallest absolute Gasteiger partial charge is 0.309 e. The van der Waals surface area contributed by atoms with Crippen LogP contribution in [-0.2, 0) is 36.6 Å². The van der Waals surface area contributed by atoms with Gasteiger partial charge in [-0.3, -0.25) is 4.79 Å². The van der Waals surface area contributed by atoms with Crippen LogP contribution in [0, 0.1) is 11.8 Å². The molecule has 0 amide bonds. The van der Waals surface area contributed by atoms with E-state index in [1.807, 2.05) is 0 Å². The summed E-state index contributed by atoms with van der Waals surface area (Å²) in [5.41, 5.74) is 1.59. The molecule has 16 heteroatoms. The summed E-state index contributed by atoms with van der Waals surface area (Å²) in [6.07, 6.45) is -14.8. The van der Waals surface area contributed by atoms with E-state index in [1.54, 1.807) is 30.3 Å². The van der Waals surface area contributed by atoms with Crippen molar-refractivity contribution in [2.45, 2.75) is 74.3 Å². The Morgan fingerprint density at radius 1 is 0.729 bits per heavy atom. The van der Waals surface area contributed by atoms with Crippen molar-refractivity contribution in [3.8, 4) is 23.0 Å². The van der Waals surface area contributed by atoms with Gasteiger partial charge in [-0.05, 0) is 48.2 Å². The molecule has 3 aliphatic rings. The average Bonchev–Trinajstić information content (AvgIpc) is 3.42. The average molecular weight is 683 g/mol. The van der Waals surface area contributed by atoms with Crippen molar-refractivity contribution in [2.24, 2.45) is 11.8 Å². The number of phenolic OH excluding ortho intramolecular Hbond substituents is 1. The van der Waals surface area contributed by atoms with Gasteiger partial charge in [0.25, 0.3) is 0 Å². The van der Waals surface area contributed by atoms with Gasteiger partial charge < -0.3 is 74.0 Å². The molecule has 0 bridgehead atoms. The Balaban J connectivity index is 1.24. The molecular weight excluding hydrogens is 640 g/mol. The molecule has 0 spiro atoms. The lowest BCUT2D eigenvalue weighted by atomic mass is 9.85. The maximum Gasteiger partial charge on any atom is 0.309 e. The zero-order valence-electron chi connectivity index (χ0n) is 26.3. The Kier molecular flexibility index (Phi) is 11.6. The molecule has 266 valence electrons. The van der Waals surface area contributed by atoms with Crippen molar-refractivity contribution in [1.82, 2.24) is 0 Å². The minimum absolute atomic E-state index is 0.00466. The van der Waals surface area contributed by atoms with E-state index in [0.717, 1.165) is 11.1 Å². The summed E-state index contributed by atoms with van der Waals surface area (Å²) in [6.45, 7) is -0.963. The zero-order valence-corrected chi connectivity index (χ0v) is 26.3. The first kappa shape index (κ1) is 36.0. The highest BCUT2D eigenvalue weighted by atomic mass is 16.7. The fourth-order valence-corrected chi connectivity index (χ4v) is 6.07. The molecule has 12 atom stereocenters. The molecule has 48 heavy (non-hydrogen) atoms. The first-order valence-corrected chi connectivity index (χ1v) is 15.4. The summed E-state index contributed by atoms with van der Waals surface area (Å²) in [6, 6.07) is 9.91. The monoisotopic (exact) mass is 682 g/mol. The Hall–Kier alpha value is -3.29. The quantitative estimate of drug-likeness (QED) is 0.113. The number of phenols is 1. The van der Waals surface area contributed by atoms with Crippen LogP contribution in [0.25, 0.3) is 0 Å². The predicted octanol–water partition coefficient (Wildman–Crippen LogP) is -2.01. The van der Waals surface area contributed by atoms with E-state index < -0.39 is 80.5 Å². The number of rotatable bonds is 12. The summed E-state index contributed by atoms with van der Waals surface area (Å²) in [5.74, 6) is -0.252. The minimum Gasteiger partial charge on any atom is -0.504 e. The third-order valence-corrected chi connectivity index (χ3v) is 8.92. The second-order valence-electron chi connectivity index (χ2n) is 12.1. The van der Waals surface area contributed by atoms with Crippen LogP contribution in [0.2, 0.25) is 0 Å². The second-order valence-corrected chi connectivity index (χ2v) is 12.1. The molecule has 16 nitrogen and oxygen atoms in total. The van der Waals surface area contributed by atoms with Gasteiger partial charge in [0, 0.05) is 5.92 Å². The Morgan fingerprint density at radius 2 is 1.33 bits per heavy atom. The van der Waals surface area contributed by atoms with Gasteiger partial charge in [-0.1, -0.05) is 12.1 Å². The lowest BCUT2D eigenvalue weighted by molar-refractivity contribution is -0.323. The molecular formula is C32H42O16. The lowest BCUT2D eigenvalue weighted by Crippen LogP contribution is -2.62. The highest BCUT2D eigenvalue weighted by Gasteiger charge is 2.48. The number of hydrogen-bond donors (Lipinski definition) is 8. The molecule has 8 N–H and O–H groups in total. The van der Waals surface area contributed by atoms with E-state index in [4.69, 9.17) is 33.2 Å². The van der Waals surface area contributed by atoms with Gasteiger partial charge >= 0.3 is 5.97 Å². The van der Waals surface area contributed by atoms with E-state index >= 15 is 0 Å². The summed E-state index contributed by atoms with van der Waals surface area (Å²) in [4.78, 5) is 12.6. The normalized spacial score (nSPS) is 35.2. The van der Waals surface area contributed by atoms with Crippen molar-refractivity contribution in [1.29, 1.82) is 0 Å². The number of methoxy groups -OCH3 is 2. The van der Waals surface area contributed by atoms with E-state index in [1.165, 1.54) is 20.3 Å². The standard InChI is InChI=1S/C32H42O16/c1-42-20-9-15(3-5-18(20)34)8-17-16(12-44-30(17)41)7-14-4-6-19(21(10-14)43-2)46-32-29(40)27(38)25(36)23(48-32)13-45-31-28(39)26(37)24(35)22(11-33)47-31/h3-6,9-10,16-17,22-29,31-40H,7-8,11-13H2,1-2H3. The van der Waals surface area contributed by atoms with Crippen LogP contribution >= 0.6 is 0 Å². The molecule has 12 unspecified atom stereocenters. The zero-order chi connectivity index (χ0) is 34.7. The number of esters is 1. The third-order valence-electron chi connectivity index (χ3n) is 8.92. The summed E-state index contributed by atoms with van der Waals surface area (Å²) >= 11 is 0. The van der Waals surface area contributed by atoms with E-state index in [0.29, 0.717) is 18.6 Å². The van der Waals surface area contributed by atoms with Gasteiger partial charge in [-0.15, -0.1) is 0 Å². The molecule has 3 heterocycles. The number of carbonyl (C=O) groups excluding carboxylic acids is 1. The summed E-state index contributed by atoms with van der Waals surface area (Å²) < 4.78 is 38.4. The molecule has 0 aliphatic carbocycles. The van der Waals surface area contributed by atoms with Crippen LogP contribution in [0.3, 0.4) is 0 Å². The van der Waals surface area contributed by atoms with E-state index in [-0.39, 0.29) is 35.7 Å². The van der Waals surface area contributed by atoms with Crippen molar-refractivity contribution in [3.63, 3.8) is 0 Å². The van der Waals surface area contributed by atoms with Gasteiger partial charge in [0.05, 0.1) is 40.0 Å². The highest BCUT2D eigenvalue weighted by Crippen LogP contribution is 2.36. The molecule has 0 saturated carbocycles. The van der Waals surface area contributed by atoms with Crippen molar-refractivity contribution in [3.05, 3.63) is 47.5 Å². The number of hydrogen-bond acceptors (Lipinski definition) is 16. The predicted molar refractivity (Wildman–Crippen MR) is 160 cm³/mol. The van der Waals surface area contributed by atoms with Crippen LogP contribution in [0.5, 0.6) is 23.0 Å². The maximum absolute atomic E-state index is 12.6. The topological polar surface area (TPSA) is 244 Å². The van der Waals surface area contributed by atoms with Crippen LogP contribution in [0.1, 0.15) is 11.1 Å². The van der Waals surface area contributed by atoms with Crippen LogP contribution < -0.4 is 14.2 Å². The Labute approximate surface area is 275 Å². The molecule has 3 fully saturated rings. The lowest BCUT2D eigenvalue weighted by Gasteiger charge is -2.42. The van der Waals surface area contributed by atoms with Crippen molar-refractivity contribution in [2.75, 3.05) is 34.0 Å². The van der Waals surface area contributed by atoms with Crippen LogP contribution in [0.15, 0.2) is 36.4 Å². The summed E-state index contributed by atoms with van der Waals surface area (Å²) in [5, 5.41) is 81.3. The minimum atomic E-state index is -1.73. The third kappa shape index (κ3) is 7.63. The SMILES string of the molecule is COc1cc(CC2C(=O)OCC2Cc2ccc(OC3OC(COC4OC(CO)C(O)C(O)C4O)C(O)C(O)C3O)c(OC)c2)ccc1O. The summed E-state index contributed by atoms with van der Waals surface area (Å²) in [7, 11) is 2.85. The highest BCUT2D eigenvalue weighted by molar-refractivity contribution is 5.75. The van der Waals surface area contributed by atoms with Crippen LogP contribution in [-0.4, -0.2) is 142 Å². The number of aliphatic hydroxyl groups excluding tert-OH is 7. The molecule has 0 aromatic heterocycles. The van der Waals surface area contributed by atoms with Gasteiger partial charge in [0.1, 0.15) is 48.8 Å². The number of aliphatic hydroxyl groups is 7. The Bertz CT molecular complexity index is 1390. The van der Waals surface area contributed by atoms with Gasteiger partial charge in [0.2, 0.25) is 6.29 Å². The molecule has 5 rings (SSSR count). The number of carbonyl (C=O) groups is 1. The largest absolute Gasteiger partial charge is 0.504 e. The number of benzene rings is 2. The second kappa shape index (κ2) is 15.5. The fourth-order valence-electron chi connectivity index (χ4n) is 6.07. The molecule has 3 saturated heterocycles.